The first-order valence-electron chi connectivity index (χ1n) is 5.51. The van der Waals surface area contributed by atoms with Crippen LogP contribution in [0.2, 0.25) is 0 Å². The molecule has 0 rings (SSSR count). The standard InChI is InChI=1S/C6H10O4.C5H11Cl/c1-2-10-6(9)4-3-5(7)8;1-2-3-4-5-6/h2-4H2,1H3,(H,7,8);2-5H2,1H3. The Morgan fingerprint density at radius 1 is 1.19 bits per heavy atom. The van der Waals surface area contributed by atoms with Gasteiger partial charge in [0.2, 0.25) is 0 Å². The molecule has 0 aromatic rings. The SMILES string of the molecule is CCCCCCl.CCOC(=O)CCC(=O)O. The van der Waals surface area contributed by atoms with Crippen LogP contribution in [0.15, 0.2) is 0 Å². The van der Waals surface area contributed by atoms with E-state index in [4.69, 9.17) is 16.7 Å². The Balaban J connectivity index is 0. The number of hydrogen-bond donors (Lipinski definition) is 1. The maximum absolute atomic E-state index is 10.5. The fourth-order valence-corrected chi connectivity index (χ4v) is 0.976. The van der Waals surface area contributed by atoms with Crippen LogP contribution in [-0.2, 0) is 14.3 Å². The summed E-state index contributed by atoms with van der Waals surface area (Å²) in [7, 11) is 0. The van der Waals surface area contributed by atoms with E-state index in [1.54, 1.807) is 6.92 Å². The number of hydrogen-bond acceptors (Lipinski definition) is 3. The molecule has 0 bridgehead atoms. The van der Waals surface area contributed by atoms with Crippen LogP contribution in [0.1, 0.15) is 46.0 Å². The minimum absolute atomic E-state index is 0.0385. The summed E-state index contributed by atoms with van der Waals surface area (Å²) in [5.74, 6) is -0.605. The van der Waals surface area contributed by atoms with Crippen molar-refractivity contribution in [3.63, 3.8) is 0 Å². The fourth-order valence-electron chi connectivity index (χ4n) is 0.787. The number of carbonyl (C=O) groups is 2. The van der Waals surface area contributed by atoms with Crippen LogP contribution in [0.3, 0.4) is 0 Å². The smallest absolute Gasteiger partial charge is 0.306 e. The predicted molar refractivity (Wildman–Crippen MR) is 63.7 cm³/mol. The van der Waals surface area contributed by atoms with E-state index in [9.17, 15) is 9.59 Å². The van der Waals surface area contributed by atoms with Crippen molar-refractivity contribution in [2.75, 3.05) is 12.5 Å². The Morgan fingerprint density at radius 2 is 1.81 bits per heavy atom. The lowest BCUT2D eigenvalue weighted by Crippen LogP contribution is -2.06. The Morgan fingerprint density at radius 3 is 2.12 bits per heavy atom. The summed E-state index contributed by atoms with van der Waals surface area (Å²) in [6.07, 6.45) is 3.54. The van der Waals surface area contributed by atoms with E-state index < -0.39 is 11.9 Å². The van der Waals surface area contributed by atoms with Gasteiger partial charge in [0, 0.05) is 5.88 Å². The average molecular weight is 253 g/mol. The van der Waals surface area contributed by atoms with Crippen molar-refractivity contribution in [3.8, 4) is 0 Å². The zero-order chi connectivity index (χ0) is 12.8. The minimum atomic E-state index is -0.979. The molecule has 0 unspecified atom stereocenters. The molecule has 0 heterocycles. The molecule has 0 fully saturated rings. The van der Waals surface area contributed by atoms with Crippen molar-refractivity contribution in [2.24, 2.45) is 0 Å². The molecule has 5 heteroatoms. The number of halogens is 1. The zero-order valence-electron chi connectivity index (χ0n) is 10.00. The number of unbranched alkanes of at least 4 members (excludes halogenated alkanes) is 2. The Hall–Kier alpha value is -0.770. The van der Waals surface area contributed by atoms with E-state index >= 15 is 0 Å². The molecular weight excluding hydrogens is 232 g/mol. The van der Waals surface area contributed by atoms with Gasteiger partial charge < -0.3 is 9.84 Å². The second-order valence-corrected chi connectivity index (χ2v) is 3.47. The highest BCUT2D eigenvalue weighted by Gasteiger charge is 2.04. The van der Waals surface area contributed by atoms with Gasteiger partial charge in [-0.15, -0.1) is 11.6 Å². The van der Waals surface area contributed by atoms with Gasteiger partial charge in [-0.05, 0) is 13.3 Å². The highest BCUT2D eigenvalue weighted by atomic mass is 35.5. The maximum atomic E-state index is 10.5. The van der Waals surface area contributed by atoms with Crippen molar-refractivity contribution in [2.45, 2.75) is 46.0 Å². The summed E-state index contributed by atoms with van der Waals surface area (Å²) in [4.78, 5) is 20.4. The maximum Gasteiger partial charge on any atom is 0.306 e. The minimum Gasteiger partial charge on any atom is -0.481 e. The van der Waals surface area contributed by atoms with Crippen molar-refractivity contribution in [1.82, 2.24) is 0 Å². The lowest BCUT2D eigenvalue weighted by Gasteiger charge is -1.97. The first-order valence-corrected chi connectivity index (χ1v) is 6.05. The third kappa shape index (κ3) is 18.9. The molecular formula is C11H21ClO4. The lowest BCUT2D eigenvalue weighted by atomic mass is 10.3. The number of rotatable bonds is 7. The third-order valence-corrected chi connectivity index (χ3v) is 1.85. The summed E-state index contributed by atoms with van der Waals surface area (Å²) in [5, 5.41) is 8.12. The molecule has 0 radical (unpaired) electrons. The Bertz CT molecular complexity index is 179. The highest BCUT2D eigenvalue weighted by molar-refractivity contribution is 6.17. The van der Waals surface area contributed by atoms with Crippen molar-refractivity contribution < 1.29 is 19.4 Å². The molecule has 1 N–H and O–H groups in total. The fraction of sp³-hybridized carbons (Fsp3) is 0.818. The number of carboxylic acid groups (broad SMARTS) is 1. The van der Waals surface area contributed by atoms with Crippen LogP contribution in [-0.4, -0.2) is 29.5 Å². The van der Waals surface area contributed by atoms with E-state index in [-0.39, 0.29) is 12.8 Å². The first kappa shape index (κ1) is 17.6. The molecule has 0 saturated carbocycles. The third-order valence-electron chi connectivity index (χ3n) is 1.59. The van der Waals surface area contributed by atoms with E-state index in [1.807, 2.05) is 0 Å². The number of alkyl halides is 1. The molecule has 0 aliphatic rings. The van der Waals surface area contributed by atoms with Crippen molar-refractivity contribution in [3.05, 3.63) is 0 Å². The molecule has 0 aromatic heterocycles. The van der Waals surface area contributed by atoms with Crippen LogP contribution in [0.25, 0.3) is 0 Å². The summed E-state index contributed by atoms with van der Waals surface area (Å²) in [5.41, 5.74) is 0. The second kappa shape index (κ2) is 14.2. The average Bonchev–Trinajstić information content (AvgIpc) is 2.25. The Kier molecular flexibility index (Phi) is 15.7. The first-order chi connectivity index (χ1) is 7.58. The van der Waals surface area contributed by atoms with Crippen molar-refractivity contribution in [1.29, 1.82) is 0 Å². The number of carbonyl (C=O) groups excluding carboxylic acids is 1. The van der Waals surface area contributed by atoms with Crippen LogP contribution < -0.4 is 0 Å². The van der Waals surface area contributed by atoms with E-state index in [0.717, 1.165) is 5.88 Å². The number of ether oxygens (including phenoxy) is 1. The quantitative estimate of drug-likeness (QED) is 0.430. The van der Waals surface area contributed by atoms with Crippen LogP contribution in [0, 0.1) is 0 Å². The number of aliphatic carboxylic acids is 1. The van der Waals surface area contributed by atoms with Crippen LogP contribution in [0.5, 0.6) is 0 Å². The summed E-state index contributed by atoms with van der Waals surface area (Å²) in [6, 6.07) is 0. The summed E-state index contributed by atoms with van der Waals surface area (Å²) in [6.45, 7) is 4.16. The molecule has 0 amide bonds. The van der Waals surface area contributed by atoms with E-state index in [1.165, 1.54) is 19.3 Å². The summed E-state index contributed by atoms with van der Waals surface area (Å²) >= 11 is 5.38. The van der Waals surface area contributed by atoms with Gasteiger partial charge in [-0.1, -0.05) is 19.8 Å². The molecule has 96 valence electrons. The zero-order valence-corrected chi connectivity index (χ0v) is 10.8. The topological polar surface area (TPSA) is 63.6 Å². The van der Waals surface area contributed by atoms with Gasteiger partial charge in [-0.3, -0.25) is 9.59 Å². The van der Waals surface area contributed by atoms with Gasteiger partial charge in [-0.25, -0.2) is 0 Å². The number of carboxylic acids is 1. The second-order valence-electron chi connectivity index (χ2n) is 3.09. The van der Waals surface area contributed by atoms with Crippen molar-refractivity contribution >= 4 is 23.5 Å². The normalized spacial score (nSPS) is 8.94. The monoisotopic (exact) mass is 252 g/mol. The van der Waals surface area contributed by atoms with E-state index in [0.29, 0.717) is 6.61 Å². The van der Waals surface area contributed by atoms with Gasteiger partial charge >= 0.3 is 11.9 Å². The molecule has 0 aromatic carbocycles. The molecule has 4 nitrogen and oxygen atoms in total. The van der Waals surface area contributed by atoms with Gasteiger partial charge in [0.1, 0.15) is 0 Å². The van der Waals surface area contributed by atoms with Crippen LogP contribution in [0.4, 0.5) is 0 Å². The molecule has 0 aliphatic heterocycles. The van der Waals surface area contributed by atoms with Gasteiger partial charge in [-0.2, -0.15) is 0 Å². The summed E-state index contributed by atoms with van der Waals surface area (Å²) < 4.78 is 4.49. The largest absolute Gasteiger partial charge is 0.481 e. The van der Waals surface area contributed by atoms with Gasteiger partial charge in [0.25, 0.3) is 0 Å². The predicted octanol–water partition coefficient (Wildman–Crippen LogP) is 2.83. The molecule has 16 heavy (non-hydrogen) atoms. The molecule has 0 spiro atoms. The van der Waals surface area contributed by atoms with Crippen LogP contribution >= 0.6 is 11.6 Å². The molecule has 0 aliphatic carbocycles. The lowest BCUT2D eigenvalue weighted by molar-refractivity contribution is -0.147. The van der Waals surface area contributed by atoms with Gasteiger partial charge in [0.15, 0.2) is 0 Å². The van der Waals surface area contributed by atoms with Gasteiger partial charge in [0.05, 0.1) is 19.4 Å². The number of esters is 1. The van der Waals surface area contributed by atoms with E-state index in [2.05, 4.69) is 11.7 Å². The Labute approximate surface area is 102 Å². The molecule has 0 atom stereocenters. The molecule has 0 saturated heterocycles. The highest BCUT2D eigenvalue weighted by Crippen LogP contribution is 1.93.